The first-order valence-electron chi connectivity index (χ1n) is 5.36. The van der Waals surface area contributed by atoms with Crippen LogP contribution in [0.5, 0.6) is 0 Å². The van der Waals surface area contributed by atoms with E-state index in [1.54, 1.807) is 20.8 Å². The van der Waals surface area contributed by atoms with Crippen molar-refractivity contribution in [2.24, 2.45) is 0 Å². The van der Waals surface area contributed by atoms with Gasteiger partial charge in [0.2, 0.25) is 0 Å². The minimum atomic E-state index is -3.36. The largest absolute Gasteiger partial charge is 0.276 e. The van der Waals surface area contributed by atoms with Gasteiger partial charge in [0.15, 0.2) is 9.84 Å². The maximum Gasteiger partial charge on any atom is 0.276 e. The van der Waals surface area contributed by atoms with Crippen molar-refractivity contribution in [3.05, 3.63) is 33.4 Å². The second-order valence-corrected chi connectivity index (χ2v) is 7.61. The van der Waals surface area contributed by atoms with Crippen molar-refractivity contribution in [3.8, 4) is 0 Å². The van der Waals surface area contributed by atoms with Gasteiger partial charge in [-0.2, -0.15) is 0 Å². The maximum absolute atomic E-state index is 11.8. The molecule has 5 nitrogen and oxygen atoms in total. The highest BCUT2D eigenvalue weighted by Crippen LogP contribution is 2.35. The molecule has 0 heterocycles. The van der Waals surface area contributed by atoms with Gasteiger partial charge in [0.1, 0.15) is 0 Å². The first-order valence-corrected chi connectivity index (χ1v) is 7.93. The molecule has 1 unspecified atom stereocenters. The molecule has 0 fully saturated rings. The second-order valence-electron chi connectivity index (χ2n) is 3.95. The van der Waals surface area contributed by atoms with E-state index < -0.39 is 14.8 Å². The van der Waals surface area contributed by atoms with Crippen LogP contribution in [0.3, 0.4) is 0 Å². The molecule has 0 aromatic heterocycles. The summed E-state index contributed by atoms with van der Waals surface area (Å²) >= 11 is 3.26. The molecule has 0 spiro atoms. The molecule has 0 saturated carbocycles. The number of alkyl halides is 1. The lowest BCUT2D eigenvalue weighted by molar-refractivity contribution is -0.386. The number of halogens is 1. The van der Waals surface area contributed by atoms with E-state index in [0.29, 0.717) is 11.1 Å². The molecule has 0 N–H and O–H groups in total. The Balaban J connectivity index is 3.62. The van der Waals surface area contributed by atoms with E-state index in [9.17, 15) is 18.5 Å². The molecule has 0 bridgehead atoms. The summed E-state index contributed by atoms with van der Waals surface area (Å²) in [6.45, 7) is 4.82. The van der Waals surface area contributed by atoms with Crippen molar-refractivity contribution >= 4 is 31.5 Å². The Labute approximate surface area is 114 Å². The van der Waals surface area contributed by atoms with E-state index in [0.717, 1.165) is 0 Å². The van der Waals surface area contributed by atoms with E-state index in [-0.39, 0.29) is 21.2 Å². The zero-order valence-corrected chi connectivity index (χ0v) is 12.7. The number of hydrogen-bond donors (Lipinski definition) is 0. The topological polar surface area (TPSA) is 77.3 Å². The van der Waals surface area contributed by atoms with Gasteiger partial charge in [-0.15, -0.1) is 0 Å². The Bertz CT molecular complexity index is 581. The lowest BCUT2D eigenvalue weighted by atomic mass is 10.1. The number of nitro benzene ring substituents is 1. The summed E-state index contributed by atoms with van der Waals surface area (Å²) in [5.41, 5.74) is 0.706. The van der Waals surface area contributed by atoms with Crippen LogP contribution in [-0.4, -0.2) is 19.1 Å². The molecule has 0 amide bonds. The summed E-state index contributed by atoms with van der Waals surface area (Å²) in [6, 6.07) is 2.74. The van der Waals surface area contributed by atoms with Crippen molar-refractivity contribution in [1.82, 2.24) is 0 Å². The van der Waals surface area contributed by atoms with E-state index in [1.807, 2.05) is 0 Å². The van der Waals surface area contributed by atoms with Gasteiger partial charge in [0.25, 0.3) is 5.69 Å². The zero-order valence-electron chi connectivity index (χ0n) is 10.3. The van der Waals surface area contributed by atoms with Crippen LogP contribution in [0, 0.1) is 17.0 Å². The monoisotopic (exact) mass is 335 g/mol. The first-order chi connectivity index (χ1) is 8.20. The molecule has 0 saturated heterocycles. The summed E-state index contributed by atoms with van der Waals surface area (Å²) < 4.78 is 23.6. The van der Waals surface area contributed by atoms with Crippen molar-refractivity contribution in [2.75, 3.05) is 5.75 Å². The second kappa shape index (κ2) is 5.36. The molecule has 1 rings (SSSR count). The third-order valence-electron chi connectivity index (χ3n) is 2.65. The Hall–Kier alpha value is -0.950. The van der Waals surface area contributed by atoms with Crippen molar-refractivity contribution in [1.29, 1.82) is 0 Å². The Morgan fingerprint density at radius 3 is 2.39 bits per heavy atom. The number of nitro groups is 1. The van der Waals surface area contributed by atoms with Crippen LogP contribution in [0.2, 0.25) is 0 Å². The lowest BCUT2D eigenvalue weighted by Crippen LogP contribution is -2.07. The van der Waals surface area contributed by atoms with Gasteiger partial charge in [-0.3, -0.25) is 10.1 Å². The molecular weight excluding hydrogens is 322 g/mol. The van der Waals surface area contributed by atoms with Gasteiger partial charge in [-0.05, 0) is 26.0 Å². The van der Waals surface area contributed by atoms with Gasteiger partial charge in [0, 0.05) is 16.0 Å². The average Bonchev–Trinajstić information content (AvgIpc) is 2.27. The van der Waals surface area contributed by atoms with Crippen molar-refractivity contribution in [3.63, 3.8) is 0 Å². The predicted molar refractivity (Wildman–Crippen MR) is 72.9 cm³/mol. The molecule has 0 aliphatic heterocycles. The molecule has 100 valence electrons. The fraction of sp³-hybridized carbons (Fsp3) is 0.455. The standard InChI is InChI=1S/C11H14BrNO4S/c1-4-18(16,17)9-5-7(2)11(13(14)15)10(6-9)8(3)12/h5-6,8H,4H2,1-3H3. The van der Waals surface area contributed by atoms with Gasteiger partial charge >= 0.3 is 0 Å². The summed E-state index contributed by atoms with van der Waals surface area (Å²) in [7, 11) is -3.36. The summed E-state index contributed by atoms with van der Waals surface area (Å²) in [5, 5.41) is 11.0. The number of hydrogen-bond acceptors (Lipinski definition) is 4. The average molecular weight is 336 g/mol. The quantitative estimate of drug-likeness (QED) is 0.481. The third-order valence-corrected chi connectivity index (χ3v) is 4.86. The Morgan fingerprint density at radius 1 is 1.44 bits per heavy atom. The summed E-state index contributed by atoms with van der Waals surface area (Å²) in [6.07, 6.45) is 0. The number of benzene rings is 1. The van der Waals surface area contributed by atoms with Gasteiger partial charge in [-0.25, -0.2) is 8.42 Å². The van der Waals surface area contributed by atoms with Gasteiger partial charge < -0.3 is 0 Å². The molecule has 1 aromatic rings. The Kier molecular flexibility index (Phi) is 4.50. The lowest BCUT2D eigenvalue weighted by Gasteiger charge is -2.10. The Morgan fingerprint density at radius 2 is 2.00 bits per heavy atom. The van der Waals surface area contributed by atoms with Crippen LogP contribution in [0.15, 0.2) is 17.0 Å². The minimum Gasteiger partial charge on any atom is -0.258 e. The highest BCUT2D eigenvalue weighted by atomic mass is 79.9. The third kappa shape index (κ3) is 2.89. The molecule has 18 heavy (non-hydrogen) atoms. The van der Waals surface area contributed by atoms with Crippen LogP contribution in [0.4, 0.5) is 5.69 Å². The molecule has 0 aliphatic carbocycles. The summed E-state index contributed by atoms with van der Waals surface area (Å²) in [4.78, 5) is 10.4. The number of rotatable bonds is 4. The molecule has 0 radical (unpaired) electrons. The normalized spacial score (nSPS) is 13.3. The van der Waals surface area contributed by atoms with Crippen LogP contribution >= 0.6 is 15.9 Å². The van der Waals surface area contributed by atoms with Gasteiger partial charge in [-0.1, -0.05) is 22.9 Å². The van der Waals surface area contributed by atoms with E-state index in [2.05, 4.69) is 15.9 Å². The maximum atomic E-state index is 11.8. The van der Waals surface area contributed by atoms with E-state index in [1.165, 1.54) is 12.1 Å². The molecular formula is C11H14BrNO4S. The zero-order chi connectivity index (χ0) is 14.1. The number of nitrogens with zero attached hydrogens (tertiary/aromatic N) is 1. The van der Waals surface area contributed by atoms with E-state index >= 15 is 0 Å². The number of aryl methyl sites for hydroxylation is 1. The highest BCUT2D eigenvalue weighted by molar-refractivity contribution is 9.09. The van der Waals surface area contributed by atoms with Crippen LogP contribution < -0.4 is 0 Å². The predicted octanol–water partition coefficient (Wildman–Crippen LogP) is 3.15. The summed E-state index contributed by atoms with van der Waals surface area (Å²) in [5.74, 6) is -0.0274. The van der Waals surface area contributed by atoms with E-state index in [4.69, 9.17) is 0 Å². The van der Waals surface area contributed by atoms with Crippen LogP contribution in [-0.2, 0) is 9.84 Å². The van der Waals surface area contributed by atoms with Crippen molar-refractivity contribution < 1.29 is 13.3 Å². The molecule has 0 aliphatic rings. The smallest absolute Gasteiger partial charge is 0.258 e. The fourth-order valence-corrected chi connectivity index (χ4v) is 3.02. The fourth-order valence-electron chi connectivity index (χ4n) is 1.67. The van der Waals surface area contributed by atoms with Gasteiger partial charge in [0.05, 0.1) is 15.6 Å². The first kappa shape index (κ1) is 15.1. The molecule has 1 aromatic carbocycles. The SMILES string of the molecule is CCS(=O)(=O)c1cc(C)c([N+](=O)[O-])c(C(C)Br)c1. The highest BCUT2D eigenvalue weighted by Gasteiger charge is 2.24. The molecule has 7 heteroatoms. The number of sulfone groups is 1. The van der Waals surface area contributed by atoms with Crippen LogP contribution in [0.25, 0.3) is 0 Å². The molecule has 1 atom stereocenters. The van der Waals surface area contributed by atoms with Crippen LogP contribution in [0.1, 0.15) is 29.8 Å². The minimum absolute atomic E-state index is 0.0274. The van der Waals surface area contributed by atoms with Crippen molar-refractivity contribution in [2.45, 2.75) is 30.5 Å².